The number of unbranched alkanes of at least 4 members (excludes halogenated alkanes) is 1. The van der Waals surface area contributed by atoms with E-state index in [9.17, 15) is 0 Å². The normalized spacial score (nSPS) is 9.77. The topological polar surface area (TPSA) is 12.0 Å². The van der Waals surface area contributed by atoms with Crippen LogP contribution in [0.3, 0.4) is 0 Å². The summed E-state index contributed by atoms with van der Waals surface area (Å²) in [6, 6.07) is 2.17. The molecule has 13 heavy (non-hydrogen) atoms. The zero-order valence-corrected chi connectivity index (χ0v) is 8.57. The lowest BCUT2D eigenvalue weighted by atomic mass is 10.2. The third-order valence-corrected chi connectivity index (χ3v) is 2.58. The van der Waals surface area contributed by atoms with E-state index < -0.39 is 0 Å². The maximum Gasteiger partial charge on any atom is 0.00981 e. The minimum Gasteiger partial charge on any atom is -0.316 e. The molecule has 0 bridgehead atoms. The van der Waals surface area contributed by atoms with E-state index in [-0.39, 0.29) is 0 Å². The zero-order valence-electron chi connectivity index (χ0n) is 7.75. The van der Waals surface area contributed by atoms with Crippen LogP contribution in [0.1, 0.15) is 18.4 Å². The van der Waals surface area contributed by atoms with Crippen LogP contribution < -0.4 is 5.32 Å². The molecule has 0 atom stereocenters. The summed E-state index contributed by atoms with van der Waals surface area (Å²) in [6.45, 7) is 2.09. The van der Waals surface area contributed by atoms with E-state index in [1.54, 1.807) is 11.3 Å². The molecule has 0 aliphatic heterocycles. The molecular weight excluding hydrogens is 178 g/mol. The lowest BCUT2D eigenvalue weighted by molar-refractivity contribution is 0.657. The Morgan fingerprint density at radius 3 is 3.08 bits per heavy atom. The largest absolute Gasteiger partial charge is 0.316 e. The molecule has 0 aliphatic rings. The first-order valence-corrected chi connectivity index (χ1v) is 5.53. The van der Waals surface area contributed by atoms with Gasteiger partial charge in [-0.15, -0.1) is 12.3 Å². The second-order valence-corrected chi connectivity index (χ2v) is 3.72. The van der Waals surface area contributed by atoms with Gasteiger partial charge in [-0.3, -0.25) is 0 Å². The van der Waals surface area contributed by atoms with Crippen LogP contribution in [-0.2, 0) is 6.42 Å². The highest BCUT2D eigenvalue weighted by atomic mass is 32.1. The van der Waals surface area contributed by atoms with Crippen LogP contribution in [0.25, 0.3) is 0 Å². The predicted molar refractivity (Wildman–Crippen MR) is 59.0 cm³/mol. The molecule has 0 radical (unpaired) electrons. The summed E-state index contributed by atoms with van der Waals surface area (Å²) < 4.78 is 0. The number of terminal acetylenes is 1. The molecule has 2 heteroatoms. The molecule has 1 N–H and O–H groups in total. The summed E-state index contributed by atoms with van der Waals surface area (Å²) in [6.07, 6.45) is 8.23. The average Bonchev–Trinajstić information content (AvgIpc) is 2.63. The third kappa shape index (κ3) is 4.72. The van der Waals surface area contributed by atoms with Crippen molar-refractivity contribution in [3.05, 3.63) is 22.4 Å². The van der Waals surface area contributed by atoms with Crippen molar-refractivity contribution in [2.24, 2.45) is 0 Å². The monoisotopic (exact) mass is 193 g/mol. The first kappa shape index (κ1) is 10.3. The Morgan fingerprint density at radius 1 is 1.46 bits per heavy atom. The van der Waals surface area contributed by atoms with Crippen molar-refractivity contribution in [1.29, 1.82) is 0 Å². The second-order valence-electron chi connectivity index (χ2n) is 2.94. The van der Waals surface area contributed by atoms with Crippen molar-refractivity contribution in [2.45, 2.75) is 19.3 Å². The third-order valence-electron chi connectivity index (χ3n) is 1.85. The quantitative estimate of drug-likeness (QED) is 0.540. The van der Waals surface area contributed by atoms with Gasteiger partial charge in [0.05, 0.1) is 0 Å². The number of rotatable bonds is 6. The van der Waals surface area contributed by atoms with Crippen molar-refractivity contribution in [2.75, 3.05) is 13.1 Å². The van der Waals surface area contributed by atoms with Crippen LogP contribution in [0.15, 0.2) is 16.8 Å². The first-order chi connectivity index (χ1) is 6.43. The average molecular weight is 193 g/mol. The molecule has 1 rings (SSSR count). The fraction of sp³-hybridized carbons (Fsp3) is 0.455. The van der Waals surface area contributed by atoms with E-state index in [2.05, 4.69) is 28.1 Å². The summed E-state index contributed by atoms with van der Waals surface area (Å²) >= 11 is 1.76. The Balaban J connectivity index is 1.94. The van der Waals surface area contributed by atoms with Crippen molar-refractivity contribution in [3.63, 3.8) is 0 Å². The van der Waals surface area contributed by atoms with Crippen molar-refractivity contribution in [1.82, 2.24) is 5.32 Å². The van der Waals surface area contributed by atoms with Crippen LogP contribution in [0.5, 0.6) is 0 Å². The number of hydrogen-bond acceptors (Lipinski definition) is 2. The molecule has 0 unspecified atom stereocenters. The number of nitrogens with one attached hydrogen (secondary N) is 1. The van der Waals surface area contributed by atoms with E-state index in [1.165, 1.54) is 5.56 Å². The maximum absolute atomic E-state index is 5.14. The van der Waals surface area contributed by atoms with Gasteiger partial charge in [-0.2, -0.15) is 11.3 Å². The van der Waals surface area contributed by atoms with Gasteiger partial charge in [-0.1, -0.05) is 0 Å². The fourth-order valence-corrected chi connectivity index (χ4v) is 1.81. The SMILES string of the molecule is C#CCCCNCCc1ccsc1. The first-order valence-electron chi connectivity index (χ1n) is 4.58. The molecule has 0 amide bonds. The van der Waals surface area contributed by atoms with Crippen molar-refractivity contribution < 1.29 is 0 Å². The predicted octanol–water partition coefficient (Wildman–Crippen LogP) is 2.29. The van der Waals surface area contributed by atoms with E-state index in [0.717, 1.165) is 32.4 Å². The highest BCUT2D eigenvalue weighted by molar-refractivity contribution is 7.07. The molecule has 1 aromatic rings. The lowest BCUT2D eigenvalue weighted by Crippen LogP contribution is -2.18. The van der Waals surface area contributed by atoms with Gasteiger partial charge in [-0.25, -0.2) is 0 Å². The van der Waals surface area contributed by atoms with Crippen LogP contribution in [0, 0.1) is 12.3 Å². The van der Waals surface area contributed by atoms with Gasteiger partial charge in [0.2, 0.25) is 0 Å². The van der Waals surface area contributed by atoms with E-state index in [1.807, 2.05) is 0 Å². The van der Waals surface area contributed by atoms with Crippen LogP contribution in [0.4, 0.5) is 0 Å². The molecular formula is C11H15NS. The highest BCUT2D eigenvalue weighted by Crippen LogP contribution is 2.05. The Bertz CT molecular complexity index is 246. The van der Waals surface area contributed by atoms with Crippen LogP contribution >= 0.6 is 11.3 Å². The maximum atomic E-state index is 5.14. The minimum atomic E-state index is 0.880. The van der Waals surface area contributed by atoms with Crippen LogP contribution in [-0.4, -0.2) is 13.1 Å². The molecule has 0 saturated carbocycles. The molecule has 1 heterocycles. The second kappa shape index (κ2) is 6.71. The molecule has 0 saturated heterocycles. The Kier molecular flexibility index (Phi) is 5.31. The van der Waals surface area contributed by atoms with Gasteiger partial charge in [0.1, 0.15) is 0 Å². The van der Waals surface area contributed by atoms with Gasteiger partial charge >= 0.3 is 0 Å². The van der Waals surface area contributed by atoms with E-state index in [0.29, 0.717) is 0 Å². The Morgan fingerprint density at radius 2 is 2.38 bits per heavy atom. The molecule has 1 aromatic heterocycles. The van der Waals surface area contributed by atoms with Gasteiger partial charge in [-0.05, 0) is 48.3 Å². The number of hydrogen-bond donors (Lipinski definition) is 1. The molecule has 0 aliphatic carbocycles. The zero-order chi connectivity index (χ0) is 9.36. The van der Waals surface area contributed by atoms with Crippen molar-refractivity contribution in [3.8, 4) is 12.3 Å². The minimum absolute atomic E-state index is 0.880. The van der Waals surface area contributed by atoms with Gasteiger partial charge in [0.25, 0.3) is 0 Å². The fourth-order valence-electron chi connectivity index (χ4n) is 1.11. The summed E-state index contributed by atoms with van der Waals surface area (Å²) in [5, 5.41) is 7.68. The lowest BCUT2D eigenvalue weighted by Gasteiger charge is -2.01. The molecule has 70 valence electrons. The molecule has 0 aromatic carbocycles. The summed E-state index contributed by atoms with van der Waals surface area (Å²) in [5.41, 5.74) is 1.43. The van der Waals surface area contributed by atoms with Gasteiger partial charge in [0, 0.05) is 6.42 Å². The summed E-state index contributed by atoms with van der Waals surface area (Å²) in [5.74, 6) is 2.63. The van der Waals surface area contributed by atoms with Gasteiger partial charge < -0.3 is 5.32 Å². The van der Waals surface area contributed by atoms with Crippen molar-refractivity contribution >= 4 is 11.3 Å². The smallest absolute Gasteiger partial charge is 0.00981 e. The van der Waals surface area contributed by atoms with E-state index in [4.69, 9.17) is 6.42 Å². The van der Waals surface area contributed by atoms with Crippen LogP contribution in [0.2, 0.25) is 0 Å². The Hall–Kier alpha value is -0.780. The van der Waals surface area contributed by atoms with Gasteiger partial charge in [0.15, 0.2) is 0 Å². The van der Waals surface area contributed by atoms with E-state index >= 15 is 0 Å². The highest BCUT2D eigenvalue weighted by Gasteiger charge is 1.91. The number of thiophene rings is 1. The molecule has 0 spiro atoms. The molecule has 0 fully saturated rings. The standard InChI is InChI=1S/C11H15NS/c1-2-3-4-7-12-8-5-11-6-9-13-10-11/h1,6,9-10,12H,3-5,7-8H2. The Labute approximate surface area is 84.2 Å². The molecule has 1 nitrogen and oxygen atoms in total. The summed E-state index contributed by atoms with van der Waals surface area (Å²) in [4.78, 5) is 0. The summed E-state index contributed by atoms with van der Waals surface area (Å²) in [7, 11) is 0.